The number of aliphatic hydroxyl groups is 1. The molecule has 0 aromatic rings. The predicted molar refractivity (Wildman–Crippen MR) is 124 cm³/mol. The van der Waals surface area contributed by atoms with Crippen molar-refractivity contribution in [3.8, 4) is 0 Å². The Morgan fingerprint density at radius 2 is 0.972 bits per heavy atom. The quantitative estimate of drug-likeness (QED) is 0.117. The highest BCUT2D eigenvalue weighted by molar-refractivity contribution is 7.46. The fourth-order valence-electron chi connectivity index (χ4n) is 2.21. The van der Waals surface area contributed by atoms with Gasteiger partial charge in [0, 0.05) is 22.3 Å². The van der Waals surface area contributed by atoms with Crippen LogP contribution < -0.4 is 0 Å². The molecule has 0 aliphatic carbocycles. The minimum Gasteiger partial charge on any atom is -0.452 e. The Balaban J connectivity index is 6.84. The summed E-state index contributed by atoms with van der Waals surface area (Å²) in [6.45, 7) is 16.6. The second kappa shape index (κ2) is 14.5. The molecule has 4 unspecified atom stereocenters. The lowest BCUT2D eigenvalue weighted by molar-refractivity contribution is -0.200. The molecule has 14 heteroatoms. The van der Waals surface area contributed by atoms with Gasteiger partial charge in [-0.15, -0.1) is 0 Å². The second-order valence-electron chi connectivity index (χ2n) is 7.72. The highest BCUT2D eigenvalue weighted by Gasteiger charge is 2.45. The van der Waals surface area contributed by atoms with Crippen molar-refractivity contribution in [3.63, 3.8) is 0 Å². The Morgan fingerprint density at radius 1 is 0.667 bits per heavy atom. The van der Waals surface area contributed by atoms with E-state index in [4.69, 9.17) is 28.7 Å². The van der Waals surface area contributed by atoms with Gasteiger partial charge >= 0.3 is 31.7 Å². The molecule has 0 aromatic heterocycles. The van der Waals surface area contributed by atoms with E-state index in [0.29, 0.717) is 0 Å². The van der Waals surface area contributed by atoms with Gasteiger partial charge in [0.2, 0.25) is 0 Å². The summed E-state index contributed by atoms with van der Waals surface area (Å²) in [5.41, 5.74) is -0.603. The predicted octanol–water partition coefficient (Wildman–Crippen LogP) is 1.04. The maximum Gasteiger partial charge on any atom is 0.469 e. The standard InChI is InChI=1S/C22H31O13P/c1-11(2)19(24)32-15(9-23)17(34-21(26)13(5)6)18(35-22(27)14(7)8)16(10-31-36(28,29)30)33-20(25)12(3)4/h15-18,23H,1,3,5,7,9-10H2,2,4,6,8H3,(H2,28,29,30). The number of ether oxygens (including phenoxy) is 4. The van der Waals surface area contributed by atoms with Crippen molar-refractivity contribution >= 4 is 31.7 Å². The molecular formula is C22H31O13P. The Morgan fingerprint density at radius 3 is 1.28 bits per heavy atom. The number of phosphoric ester groups is 1. The second-order valence-corrected chi connectivity index (χ2v) is 8.96. The topological polar surface area (TPSA) is 192 Å². The van der Waals surface area contributed by atoms with E-state index in [1.807, 2.05) is 0 Å². The van der Waals surface area contributed by atoms with E-state index in [0.717, 1.165) is 0 Å². The van der Waals surface area contributed by atoms with Crippen LogP contribution in [0.4, 0.5) is 0 Å². The number of hydrogen-bond acceptors (Lipinski definition) is 11. The van der Waals surface area contributed by atoms with Gasteiger partial charge < -0.3 is 33.8 Å². The third-order valence-electron chi connectivity index (χ3n) is 4.04. The maximum atomic E-state index is 12.4. The van der Waals surface area contributed by atoms with E-state index in [1.54, 1.807) is 0 Å². The van der Waals surface area contributed by atoms with Crippen molar-refractivity contribution in [2.45, 2.75) is 52.1 Å². The largest absolute Gasteiger partial charge is 0.469 e. The van der Waals surface area contributed by atoms with Crippen LogP contribution in [0.3, 0.4) is 0 Å². The third-order valence-corrected chi connectivity index (χ3v) is 4.53. The molecule has 0 heterocycles. The molecule has 202 valence electrons. The first kappa shape index (κ1) is 32.9. The number of hydrogen-bond donors (Lipinski definition) is 3. The summed E-state index contributed by atoms with van der Waals surface area (Å²) in [6.07, 6.45) is -7.50. The summed E-state index contributed by atoms with van der Waals surface area (Å²) in [6, 6.07) is 0. The Kier molecular flexibility index (Phi) is 13.2. The van der Waals surface area contributed by atoms with Crippen LogP contribution in [0.25, 0.3) is 0 Å². The Bertz CT molecular complexity index is 961. The first-order chi connectivity index (χ1) is 16.4. The van der Waals surface area contributed by atoms with Crippen molar-refractivity contribution in [2.75, 3.05) is 13.2 Å². The van der Waals surface area contributed by atoms with Crippen molar-refractivity contribution < 1.29 is 62.1 Å². The van der Waals surface area contributed by atoms with Crippen LogP contribution in [0.1, 0.15) is 27.7 Å². The van der Waals surface area contributed by atoms with E-state index in [1.165, 1.54) is 27.7 Å². The van der Waals surface area contributed by atoms with Gasteiger partial charge in [0.1, 0.15) is 0 Å². The summed E-state index contributed by atoms with van der Waals surface area (Å²) in [5.74, 6) is -4.35. The SMILES string of the molecule is C=C(C)C(=O)OC(CO)C(OC(=O)C(=C)C)C(OC(=O)C(=C)C)C(COP(=O)(O)O)OC(=O)C(=C)C. The average molecular weight is 534 g/mol. The lowest BCUT2D eigenvalue weighted by atomic mass is 10.0. The van der Waals surface area contributed by atoms with E-state index in [9.17, 15) is 28.8 Å². The molecule has 36 heavy (non-hydrogen) atoms. The van der Waals surface area contributed by atoms with Gasteiger partial charge in [-0.3, -0.25) is 4.52 Å². The lowest BCUT2D eigenvalue weighted by Gasteiger charge is -2.35. The third kappa shape index (κ3) is 11.6. The molecule has 4 atom stereocenters. The Hall–Kier alpha value is -3.09. The van der Waals surface area contributed by atoms with Crippen molar-refractivity contribution in [1.29, 1.82) is 0 Å². The Labute approximate surface area is 208 Å². The fourth-order valence-corrected chi connectivity index (χ4v) is 2.55. The van der Waals surface area contributed by atoms with E-state index in [2.05, 4.69) is 30.8 Å². The van der Waals surface area contributed by atoms with Crippen molar-refractivity contribution in [3.05, 3.63) is 48.6 Å². The first-order valence-corrected chi connectivity index (χ1v) is 11.7. The highest BCUT2D eigenvalue weighted by atomic mass is 31.2. The van der Waals surface area contributed by atoms with Gasteiger partial charge in [0.25, 0.3) is 0 Å². The van der Waals surface area contributed by atoms with Gasteiger partial charge in [0.05, 0.1) is 13.2 Å². The number of carbonyl (C=O) groups is 4. The molecule has 0 fully saturated rings. The molecule has 0 spiro atoms. The van der Waals surface area contributed by atoms with E-state index in [-0.39, 0.29) is 22.3 Å². The van der Waals surface area contributed by atoms with Gasteiger partial charge in [0.15, 0.2) is 24.4 Å². The molecule has 0 aromatic carbocycles. The molecule has 0 aliphatic heterocycles. The molecule has 0 radical (unpaired) electrons. The number of phosphoric acid groups is 1. The number of esters is 4. The van der Waals surface area contributed by atoms with Crippen LogP contribution in [0, 0.1) is 0 Å². The number of rotatable bonds is 15. The van der Waals surface area contributed by atoms with Crippen LogP contribution in [-0.2, 0) is 47.2 Å². The number of carbonyl (C=O) groups excluding carboxylic acids is 4. The smallest absolute Gasteiger partial charge is 0.452 e. The normalized spacial score (nSPS) is 14.3. The van der Waals surface area contributed by atoms with Crippen molar-refractivity contribution in [1.82, 2.24) is 0 Å². The summed E-state index contributed by atoms with van der Waals surface area (Å²) in [5, 5.41) is 9.93. The summed E-state index contributed by atoms with van der Waals surface area (Å²) >= 11 is 0. The fraction of sp³-hybridized carbons (Fsp3) is 0.455. The van der Waals surface area contributed by atoms with E-state index >= 15 is 0 Å². The molecule has 3 N–H and O–H groups in total. The van der Waals surface area contributed by atoms with Crippen LogP contribution >= 0.6 is 7.82 Å². The van der Waals surface area contributed by atoms with E-state index < -0.39 is 69.3 Å². The zero-order valence-corrected chi connectivity index (χ0v) is 21.3. The molecule has 0 amide bonds. The lowest BCUT2D eigenvalue weighted by Crippen LogP contribution is -2.54. The highest BCUT2D eigenvalue weighted by Crippen LogP contribution is 2.36. The minimum absolute atomic E-state index is 0.107. The van der Waals surface area contributed by atoms with Gasteiger partial charge in [-0.05, 0) is 27.7 Å². The zero-order valence-electron chi connectivity index (χ0n) is 20.4. The van der Waals surface area contributed by atoms with Crippen LogP contribution in [0.15, 0.2) is 48.6 Å². The van der Waals surface area contributed by atoms with Crippen LogP contribution in [0.2, 0.25) is 0 Å². The molecule has 0 saturated heterocycles. The van der Waals surface area contributed by atoms with Crippen LogP contribution in [-0.4, -0.2) is 76.4 Å². The zero-order chi connectivity index (χ0) is 28.4. The summed E-state index contributed by atoms with van der Waals surface area (Å²) < 4.78 is 36.6. The molecular weight excluding hydrogens is 503 g/mol. The van der Waals surface area contributed by atoms with Gasteiger partial charge in [-0.2, -0.15) is 0 Å². The average Bonchev–Trinajstić information content (AvgIpc) is 2.75. The number of aliphatic hydroxyl groups excluding tert-OH is 1. The van der Waals surface area contributed by atoms with Gasteiger partial charge in [-0.25, -0.2) is 23.7 Å². The van der Waals surface area contributed by atoms with Crippen molar-refractivity contribution in [2.24, 2.45) is 0 Å². The molecule has 0 rings (SSSR count). The molecule has 0 aliphatic rings. The minimum atomic E-state index is -5.16. The summed E-state index contributed by atoms with van der Waals surface area (Å²) in [7, 11) is -5.16. The maximum absolute atomic E-state index is 12.4. The molecule has 0 saturated carbocycles. The first-order valence-electron chi connectivity index (χ1n) is 10.2. The van der Waals surface area contributed by atoms with Crippen LogP contribution in [0.5, 0.6) is 0 Å². The van der Waals surface area contributed by atoms with Gasteiger partial charge in [-0.1, -0.05) is 26.3 Å². The molecule has 0 bridgehead atoms. The monoisotopic (exact) mass is 534 g/mol. The summed E-state index contributed by atoms with van der Waals surface area (Å²) in [4.78, 5) is 67.5. The molecule has 13 nitrogen and oxygen atoms in total.